The summed E-state index contributed by atoms with van der Waals surface area (Å²) < 4.78 is 16.5. The van der Waals surface area contributed by atoms with Crippen LogP contribution in [0.3, 0.4) is 0 Å². The van der Waals surface area contributed by atoms with E-state index in [0.29, 0.717) is 35.5 Å². The number of hydrogen-bond acceptors (Lipinski definition) is 5. The van der Waals surface area contributed by atoms with Gasteiger partial charge in [-0.05, 0) is 38.3 Å². The fraction of sp³-hybridized carbons (Fsp3) is 0.478. The number of rotatable bonds is 6. The Morgan fingerprint density at radius 3 is 2.65 bits per heavy atom. The fourth-order valence-electron chi connectivity index (χ4n) is 3.74. The predicted molar refractivity (Wildman–Crippen MR) is 131 cm³/mol. The van der Waals surface area contributed by atoms with E-state index in [2.05, 4.69) is 46.8 Å². The van der Waals surface area contributed by atoms with Crippen LogP contribution in [0.25, 0.3) is 0 Å². The molecule has 2 heterocycles. The van der Waals surface area contributed by atoms with Crippen LogP contribution in [0, 0.1) is 19.8 Å². The molecule has 2 unspecified atom stereocenters. The number of esters is 1. The van der Waals surface area contributed by atoms with Gasteiger partial charge in [0.1, 0.15) is 17.1 Å². The normalized spacial score (nSPS) is 18.8. The fourth-order valence-corrected chi connectivity index (χ4v) is 3.74. The SMILES string of the molecule is CN=C(NCc1cc(C(=O)OC)c(C)o1)NCC1CCCOC1c1ccc(C)cc1.I. The summed E-state index contributed by atoms with van der Waals surface area (Å²) in [6.45, 7) is 5.80. The van der Waals surface area contributed by atoms with Gasteiger partial charge in [0.2, 0.25) is 0 Å². The van der Waals surface area contributed by atoms with Crippen molar-refractivity contribution in [3.8, 4) is 0 Å². The Kier molecular flexibility index (Phi) is 9.83. The van der Waals surface area contributed by atoms with Crippen molar-refractivity contribution >= 4 is 35.9 Å². The predicted octanol–water partition coefficient (Wildman–Crippen LogP) is 4.13. The molecule has 1 aliphatic heterocycles. The molecule has 0 saturated carbocycles. The van der Waals surface area contributed by atoms with E-state index < -0.39 is 5.97 Å². The molecule has 1 saturated heterocycles. The lowest BCUT2D eigenvalue weighted by atomic mass is 9.89. The maximum atomic E-state index is 11.7. The summed E-state index contributed by atoms with van der Waals surface area (Å²) in [5.74, 6) is 1.83. The van der Waals surface area contributed by atoms with Crippen LogP contribution >= 0.6 is 24.0 Å². The molecule has 3 rings (SSSR count). The second-order valence-corrected chi connectivity index (χ2v) is 7.59. The maximum absolute atomic E-state index is 11.7. The Hall–Kier alpha value is -2.07. The van der Waals surface area contributed by atoms with E-state index in [1.54, 1.807) is 20.0 Å². The van der Waals surface area contributed by atoms with Gasteiger partial charge in [0.05, 0.1) is 19.8 Å². The second kappa shape index (κ2) is 12.1. The van der Waals surface area contributed by atoms with Crippen molar-refractivity contribution in [2.24, 2.45) is 10.9 Å². The molecular formula is C23H32IN3O4. The highest BCUT2D eigenvalue weighted by atomic mass is 127. The zero-order valence-corrected chi connectivity index (χ0v) is 20.9. The number of guanidine groups is 1. The van der Waals surface area contributed by atoms with E-state index >= 15 is 0 Å². The zero-order chi connectivity index (χ0) is 21.5. The number of ether oxygens (including phenoxy) is 2. The Bertz CT molecular complexity index is 879. The number of methoxy groups -OCH3 is 1. The molecule has 0 amide bonds. The largest absolute Gasteiger partial charge is 0.465 e. The Balaban J connectivity index is 0.00000341. The first-order valence-electron chi connectivity index (χ1n) is 10.3. The summed E-state index contributed by atoms with van der Waals surface area (Å²) >= 11 is 0. The average Bonchev–Trinajstić information content (AvgIpc) is 3.14. The first kappa shape index (κ1) is 25.2. The number of nitrogens with zero attached hydrogens (tertiary/aromatic N) is 1. The van der Waals surface area contributed by atoms with Crippen LogP contribution in [0.5, 0.6) is 0 Å². The molecule has 1 aliphatic rings. The molecular weight excluding hydrogens is 509 g/mol. The standard InChI is InChI=1S/C23H31N3O4.HI/c1-15-7-9-17(10-8-15)21-18(6-5-11-29-21)13-25-23(24-3)26-14-19-12-20(16(2)30-19)22(27)28-4;/h7-10,12,18,21H,5-6,11,13-14H2,1-4H3,(H2,24,25,26);1H. The molecule has 8 heteroatoms. The van der Waals surface area contributed by atoms with Gasteiger partial charge < -0.3 is 24.5 Å². The van der Waals surface area contributed by atoms with Crippen molar-refractivity contribution in [3.05, 3.63) is 58.5 Å². The number of carbonyl (C=O) groups is 1. The van der Waals surface area contributed by atoms with Crippen LogP contribution in [-0.4, -0.2) is 39.2 Å². The number of halogens is 1. The van der Waals surface area contributed by atoms with Crippen LogP contribution in [-0.2, 0) is 16.0 Å². The van der Waals surface area contributed by atoms with Crippen molar-refractivity contribution in [2.45, 2.75) is 39.3 Å². The van der Waals surface area contributed by atoms with Gasteiger partial charge >= 0.3 is 5.97 Å². The summed E-state index contributed by atoms with van der Waals surface area (Å²) in [6, 6.07) is 10.3. The quantitative estimate of drug-likeness (QED) is 0.248. The maximum Gasteiger partial charge on any atom is 0.341 e. The molecule has 170 valence electrons. The molecule has 0 aliphatic carbocycles. The van der Waals surface area contributed by atoms with Gasteiger partial charge in [0, 0.05) is 26.1 Å². The third-order valence-corrected chi connectivity index (χ3v) is 5.41. The summed E-state index contributed by atoms with van der Waals surface area (Å²) in [5.41, 5.74) is 2.91. The molecule has 2 atom stereocenters. The summed E-state index contributed by atoms with van der Waals surface area (Å²) in [5, 5.41) is 6.64. The lowest BCUT2D eigenvalue weighted by Gasteiger charge is -2.32. The van der Waals surface area contributed by atoms with Crippen LogP contribution in [0.1, 0.15) is 52.0 Å². The second-order valence-electron chi connectivity index (χ2n) is 7.59. The van der Waals surface area contributed by atoms with Gasteiger partial charge in [-0.2, -0.15) is 0 Å². The molecule has 0 radical (unpaired) electrons. The van der Waals surface area contributed by atoms with E-state index in [4.69, 9.17) is 13.9 Å². The Morgan fingerprint density at radius 2 is 1.97 bits per heavy atom. The van der Waals surface area contributed by atoms with Gasteiger partial charge in [0.25, 0.3) is 0 Å². The van der Waals surface area contributed by atoms with Crippen molar-refractivity contribution in [1.29, 1.82) is 0 Å². The van der Waals surface area contributed by atoms with Crippen LogP contribution in [0.4, 0.5) is 0 Å². The van der Waals surface area contributed by atoms with E-state index in [0.717, 1.165) is 26.0 Å². The first-order valence-corrected chi connectivity index (χ1v) is 10.3. The minimum atomic E-state index is -0.399. The number of hydrogen-bond donors (Lipinski definition) is 2. The smallest absolute Gasteiger partial charge is 0.341 e. The molecule has 7 nitrogen and oxygen atoms in total. The highest BCUT2D eigenvalue weighted by Crippen LogP contribution is 2.33. The molecule has 2 N–H and O–H groups in total. The van der Waals surface area contributed by atoms with Gasteiger partial charge in [-0.15, -0.1) is 24.0 Å². The van der Waals surface area contributed by atoms with Crippen molar-refractivity contribution in [2.75, 3.05) is 27.3 Å². The van der Waals surface area contributed by atoms with Crippen molar-refractivity contribution in [3.63, 3.8) is 0 Å². The summed E-state index contributed by atoms with van der Waals surface area (Å²) in [7, 11) is 3.09. The third kappa shape index (κ3) is 6.70. The minimum absolute atomic E-state index is 0. The van der Waals surface area contributed by atoms with Crippen LogP contribution in [0.15, 0.2) is 39.7 Å². The van der Waals surface area contributed by atoms with E-state index in [9.17, 15) is 4.79 Å². The number of carbonyl (C=O) groups excluding carboxylic acids is 1. The van der Waals surface area contributed by atoms with E-state index in [1.165, 1.54) is 18.2 Å². The number of aliphatic imine (C=N–C) groups is 1. The number of benzene rings is 1. The Labute approximate surface area is 201 Å². The minimum Gasteiger partial charge on any atom is -0.465 e. The molecule has 31 heavy (non-hydrogen) atoms. The topological polar surface area (TPSA) is 85.1 Å². The number of furan rings is 1. The van der Waals surface area contributed by atoms with E-state index in [-0.39, 0.29) is 30.1 Å². The number of aryl methyl sites for hydroxylation is 2. The van der Waals surface area contributed by atoms with Gasteiger partial charge in [-0.1, -0.05) is 29.8 Å². The molecule has 1 aromatic carbocycles. The van der Waals surface area contributed by atoms with Crippen LogP contribution < -0.4 is 10.6 Å². The molecule has 0 bridgehead atoms. The molecule has 2 aromatic rings. The zero-order valence-electron chi connectivity index (χ0n) is 18.6. The summed E-state index contributed by atoms with van der Waals surface area (Å²) in [6.07, 6.45) is 2.24. The van der Waals surface area contributed by atoms with Crippen LogP contribution in [0.2, 0.25) is 0 Å². The molecule has 1 aromatic heterocycles. The Morgan fingerprint density at radius 1 is 1.23 bits per heavy atom. The van der Waals surface area contributed by atoms with Gasteiger partial charge in [-0.3, -0.25) is 4.99 Å². The van der Waals surface area contributed by atoms with Crippen molar-refractivity contribution in [1.82, 2.24) is 10.6 Å². The molecule has 0 spiro atoms. The highest BCUT2D eigenvalue weighted by molar-refractivity contribution is 14.0. The summed E-state index contributed by atoms with van der Waals surface area (Å²) in [4.78, 5) is 16.0. The average molecular weight is 541 g/mol. The number of nitrogens with one attached hydrogen (secondary N) is 2. The molecule has 1 fully saturated rings. The lowest BCUT2D eigenvalue weighted by Crippen LogP contribution is -2.41. The third-order valence-electron chi connectivity index (χ3n) is 5.41. The monoisotopic (exact) mass is 541 g/mol. The van der Waals surface area contributed by atoms with Crippen molar-refractivity contribution < 1.29 is 18.7 Å². The van der Waals surface area contributed by atoms with Gasteiger partial charge in [0.15, 0.2) is 5.96 Å². The van der Waals surface area contributed by atoms with Gasteiger partial charge in [-0.25, -0.2) is 4.79 Å². The lowest BCUT2D eigenvalue weighted by molar-refractivity contribution is -0.0265. The highest BCUT2D eigenvalue weighted by Gasteiger charge is 2.27. The first-order chi connectivity index (χ1) is 14.5. The van der Waals surface area contributed by atoms with E-state index in [1.807, 2.05) is 0 Å².